The molecule has 0 bridgehead atoms. The fourth-order valence-electron chi connectivity index (χ4n) is 5.16. The van der Waals surface area contributed by atoms with Crippen molar-refractivity contribution >= 4 is 45.1 Å². The molecule has 0 radical (unpaired) electrons. The van der Waals surface area contributed by atoms with Crippen LogP contribution in [0.25, 0.3) is 10.1 Å². The van der Waals surface area contributed by atoms with Gasteiger partial charge in [0.2, 0.25) is 5.91 Å². The number of carbonyl (C=O) groups excluding carboxylic acids is 2. The number of carboxylic acids is 2. The molecule has 3 aromatic rings. The Morgan fingerprint density at radius 3 is 2.07 bits per heavy atom. The molecule has 5 rings (SSSR count). The highest BCUT2D eigenvalue weighted by atomic mass is 32.1. The lowest BCUT2D eigenvalue weighted by atomic mass is 10.0. The summed E-state index contributed by atoms with van der Waals surface area (Å²) in [7, 11) is 3.09. The first-order chi connectivity index (χ1) is 20.6. The zero-order valence-electron chi connectivity index (χ0n) is 24.1. The highest BCUT2D eigenvalue weighted by molar-refractivity contribution is 7.20. The number of amides is 1. The number of fused-ring (bicyclic) bond motifs is 2. The van der Waals surface area contributed by atoms with E-state index in [4.69, 9.17) is 29.2 Å². The van der Waals surface area contributed by atoms with E-state index in [0.717, 1.165) is 21.2 Å². The normalized spacial score (nSPS) is 17.7. The van der Waals surface area contributed by atoms with Gasteiger partial charge in [0.25, 0.3) is 0 Å². The Hall–Kier alpha value is -4.32. The average molecular weight is 612 g/mol. The SMILES string of the molecule is COc1cc2c(cc1OCCCOc1cc3cc(C(=O)C[C@H](C)C(=O)O)sc3cc1OC)CN(C(=O)[C@@H]1C[C@H]1C(=O)O)C2. The van der Waals surface area contributed by atoms with Crippen LogP contribution in [-0.2, 0) is 27.5 Å². The maximum Gasteiger partial charge on any atom is 0.307 e. The molecule has 1 saturated carbocycles. The Morgan fingerprint density at radius 1 is 0.884 bits per heavy atom. The summed E-state index contributed by atoms with van der Waals surface area (Å²) in [5, 5.41) is 19.1. The topological polar surface area (TPSA) is 149 Å². The molecule has 0 saturated heterocycles. The Bertz CT molecular complexity index is 1580. The predicted molar refractivity (Wildman–Crippen MR) is 156 cm³/mol. The standard InChI is InChI=1S/C31H33NO10S/c1-16(30(35)36)7-22(33)28-11-17-8-25(24(40-3)13-27(17)43-28)41-5-4-6-42-26-10-19-15-32(14-18(19)9-23(26)39-2)29(34)20-12-21(20)31(37)38/h8-11,13,16,20-21H,4-7,12,14-15H2,1-3H3,(H,35,36)(H,37,38)/t16-,20+,21+/m0/s1. The summed E-state index contributed by atoms with van der Waals surface area (Å²) in [4.78, 5) is 49.8. The molecule has 1 fully saturated rings. The Morgan fingerprint density at radius 2 is 1.49 bits per heavy atom. The van der Waals surface area contributed by atoms with Gasteiger partial charge in [0.15, 0.2) is 28.8 Å². The molecule has 43 heavy (non-hydrogen) atoms. The van der Waals surface area contributed by atoms with Crippen LogP contribution in [0.4, 0.5) is 0 Å². The van der Waals surface area contributed by atoms with Crippen LogP contribution in [0.1, 0.15) is 47.0 Å². The van der Waals surface area contributed by atoms with Gasteiger partial charge in [0.1, 0.15) is 0 Å². The van der Waals surface area contributed by atoms with Gasteiger partial charge in [-0.2, -0.15) is 0 Å². The van der Waals surface area contributed by atoms with Crippen molar-refractivity contribution in [2.24, 2.45) is 17.8 Å². The predicted octanol–water partition coefficient (Wildman–Crippen LogP) is 4.62. The van der Waals surface area contributed by atoms with Crippen molar-refractivity contribution in [3.05, 3.63) is 46.3 Å². The number of Topliss-reactive ketones (excluding diaryl/α,β-unsaturated/α-hetero) is 1. The summed E-state index contributed by atoms with van der Waals surface area (Å²) in [6.07, 6.45) is 0.870. The van der Waals surface area contributed by atoms with E-state index >= 15 is 0 Å². The molecule has 3 atom stereocenters. The summed E-state index contributed by atoms with van der Waals surface area (Å²) in [5.74, 6) is -1.92. The van der Waals surface area contributed by atoms with Gasteiger partial charge in [0.05, 0.1) is 50.1 Å². The van der Waals surface area contributed by atoms with E-state index in [1.807, 2.05) is 12.1 Å². The van der Waals surface area contributed by atoms with Crippen molar-refractivity contribution in [3.8, 4) is 23.0 Å². The monoisotopic (exact) mass is 611 g/mol. The summed E-state index contributed by atoms with van der Waals surface area (Å²) in [5.41, 5.74) is 1.89. The first-order valence-electron chi connectivity index (χ1n) is 13.9. The smallest absolute Gasteiger partial charge is 0.307 e. The quantitative estimate of drug-likeness (QED) is 0.195. The second-order valence-electron chi connectivity index (χ2n) is 10.8. The number of benzene rings is 2. The Labute approximate surface area is 251 Å². The van der Waals surface area contributed by atoms with Crippen LogP contribution in [0.5, 0.6) is 23.0 Å². The number of hydrogen-bond donors (Lipinski definition) is 2. The van der Waals surface area contributed by atoms with E-state index in [1.54, 1.807) is 30.2 Å². The van der Waals surface area contributed by atoms with Crippen molar-refractivity contribution in [1.82, 2.24) is 4.90 Å². The molecule has 1 aliphatic heterocycles. The van der Waals surface area contributed by atoms with Crippen LogP contribution < -0.4 is 18.9 Å². The maximum absolute atomic E-state index is 12.7. The highest BCUT2D eigenvalue weighted by Gasteiger charge is 2.50. The minimum absolute atomic E-state index is 0.0677. The van der Waals surface area contributed by atoms with Gasteiger partial charge in [-0.05, 0) is 47.2 Å². The molecule has 2 N–H and O–H groups in total. The lowest BCUT2D eigenvalue weighted by Gasteiger charge is -2.14. The summed E-state index contributed by atoms with van der Waals surface area (Å²) in [6.45, 7) is 2.99. The highest BCUT2D eigenvalue weighted by Crippen LogP contribution is 2.43. The van der Waals surface area contributed by atoms with Crippen molar-refractivity contribution in [2.75, 3.05) is 27.4 Å². The van der Waals surface area contributed by atoms with E-state index in [0.29, 0.717) is 67.0 Å². The first kappa shape index (κ1) is 30.1. The molecule has 1 aliphatic carbocycles. The number of rotatable bonds is 14. The number of thiophene rings is 1. The number of nitrogens with zero attached hydrogens (tertiary/aromatic N) is 1. The Kier molecular flexibility index (Phi) is 8.77. The fourth-order valence-corrected chi connectivity index (χ4v) is 6.18. The van der Waals surface area contributed by atoms with Crippen LogP contribution in [0.3, 0.4) is 0 Å². The summed E-state index contributed by atoms with van der Waals surface area (Å²) >= 11 is 1.29. The summed E-state index contributed by atoms with van der Waals surface area (Å²) < 4.78 is 23.8. The molecule has 0 unspecified atom stereocenters. The first-order valence-corrected chi connectivity index (χ1v) is 14.8. The Balaban J connectivity index is 1.16. The van der Waals surface area contributed by atoms with Crippen molar-refractivity contribution in [1.29, 1.82) is 0 Å². The van der Waals surface area contributed by atoms with E-state index in [9.17, 15) is 19.2 Å². The van der Waals surface area contributed by atoms with Crippen LogP contribution in [0.2, 0.25) is 0 Å². The van der Waals surface area contributed by atoms with E-state index in [2.05, 4.69) is 0 Å². The van der Waals surface area contributed by atoms with Gasteiger partial charge in [-0.15, -0.1) is 11.3 Å². The maximum atomic E-state index is 12.7. The number of methoxy groups -OCH3 is 2. The number of ether oxygens (including phenoxy) is 4. The molecule has 2 aromatic carbocycles. The number of carbonyl (C=O) groups is 4. The van der Waals surface area contributed by atoms with E-state index in [1.165, 1.54) is 25.4 Å². The van der Waals surface area contributed by atoms with Crippen molar-refractivity contribution < 1.29 is 48.3 Å². The molecular formula is C31H33NO10S. The van der Waals surface area contributed by atoms with Gasteiger partial charge < -0.3 is 34.1 Å². The lowest BCUT2D eigenvalue weighted by molar-refractivity contribution is -0.142. The van der Waals surface area contributed by atoms with Crippen molar-refractivity contribution in [3.63, 3.8) is 0 Å². The van der Waals surface area contributed by atoms with E-state index < -0.39 is 29.7 Å². The third kappa shape index (κ3) is 6.53. The molecule has 1 amide bonds. The molecule has 0 spiro atoms. The van der Waals surface area contributed by atoms with Gasteiger partial charge in [0, 0.05) is 36.7 Å². The van der Waals surface area contributed by atoms with Gasteiger partial charge in [-0.3, -0.25) is 19.2 Å². The molecule has 1 aromatic heterocycles. The van der Waals surface area contributed by atoms with Crippen LogP contribution in [0.15, 0.2) is 30.3 Å². The molecule has 228 valence electrons. The molecule has 2 aliphatic rings. The number of hydrogen-bond acceptors (Lipinski definition) is 9. The number of carboxylic acid groups (broad SMARTS) is 2. The van der Waals surface area contributed by atoms with Gasteiger partial charge in [-0.25, -0.2) is 0 Å². The molecule has 2 heterocycles. The van der Waals surface area contributed by atoms with Crippen LogP contribution in [0, 0.1) is 17.8 Å². The lowest BCUT2D eigenvalue weighted by Crippen LogP contribution is -2.28. The largest absolute Gasteiger partial charge is 0.493 e. The zero-order valence-corrected chi connectivity index (χ0v) is 24.9. The zero-order chi connectivity index (χ0) is 30.8. The fraction of sp³-hybridized carbons (Fsp3) is 0.419. The second kappa shape index (κ2) is 12.5. The third-order valence-corrected chi connectivity index (χ3v) is 8.88. The summed E-state index contributed by atoms with van der Waals surface area (Å²) in [6, 6.07) is 9.08. The molecular weight excluding hydrogens is 578 g/mol. The van der Waals surface area contributed by atoms with Gasteiger partial charge >= 0.3 is 11.9 Å². The number of ketones is 1. The van der Waals surface area contributed by atoms with Crippen LogP contribution in [-0.4, -0.2) is 66.2 Å². The number of aliphatic carboxylic acids is 2. The minimum Gasteiger partial charge on any atom is -0.493 e. The molecule has 12 heteroatoms. The third-order valence-electron chi connectivity index (χ3n) is 7.74. The minimum atomic E-state index is -1.00. The van der Waals surface area contributed by atoms with Gasteiger partial charge in [-0.1, -0.05) is 6.92 Å². The van der Waals surface area contributed by atoms with Crippen LogP contribution >= 0.6 is 11.3 Å². The average Bonchev–Trinajstić information content (AvgIpc) is 3.52. The molecule has 11 nitrogen and oxygen atoms in total. The van der Waals surface area contributed by atoms with E-state index in [-0.39, 0.29) is 18.1 Å². The van der Waals surface area contributed by atoms with Crippen molar-refractivity contribution in [2.45, 2.75) is 39.3 Å². The second-order valence-corrected chi connectivity index (χ2v) is 11.9.